The number of hydrogen-bond donors (Lipinski definition) is 1. The fraction of sp³-hybridized carbons (Fsp3) is 0.857. The number of hydrogen-bond acceptors (Lipinski definition) is 3. The van der Waals surface area contributed by atoms with E-state index >= 15 is 0 Å². The number of carbonyl (C=O) groups excluding carboxylic acids is 1. The highest BCUT2D eigenvalue weighted by atomic mass is 19.4. The molecule has 0 spiro atoms. The molecule has 0 saturated carbocycles. The monoisotopic (exact) mass is 338 g/mol. The Labute approximate surface area is 134 Å². The van der Waals surface area contributed by atoms with Crippen LogP contribution in [0, 0.1) is 5.92 Å². The smallest absolute Gasteiger partial charge is 0.381 e. The van der Waals surface area contributed by atoms with Crippen LogP contribution in [0.1, 0.15) is 13.3 Å². The van der Waals surface area contributed by atoms with Crippen LogP contribution in [0.4, 0.5) is 13.2 Å². The molecule has 0 aromatic carbocycles. The summed E-state index contributed by atoms with van der Waals surface area (Å²) < 4.78 is 42.2. The van der Waals surface area contributed by atoms with Crippen LogP contribution in [0.2, 0.25) is 0 Å². The van der Waals surface area contributed by atoms with Crippen molar-refractivity contribution >= 4 is 11.9 Å². The molecule has 6 nitrogen and oxygen atoms in total. The molecule has 0 aromatic rings. The van der Waals surface area contributed by atoms with Crippen LogP contribution in [0.15, 0.2) is 4.99 Å². The second kappa shape index (κ2) is 8.95. The molecule has 134 valence electrons. The van der Waals surface area contributed by atoms with Gasteiger partial charge in [0.1, 0.15) is 6.54 Å². The van der Waals surface area contributed by atoms with E-state index in [1.165, 1.54) is 0 Å². The molecule has 1 amide bonds. The Kier molecular flexibility index (Phi) is 7.60. The molecule has 0 aromatic heterocycles. The first-order chi connectivity index (χ1) is 10.8. The molecule has 1 rings (SSSR count). The summed E-state index contributed by atoms with van der Waals surface area (Å²) in [5.74, 6) is 0.295. The largest absolute Gasteiger partial charge is 0.406 e. The number of likely N-dealkylation sites (tertiary alicyclic amines) is 1. The molecule has 0 radical (unpaired) electrons. The van der Waals surface area contributed by atoms with Gasteiger partial charge in [-0.15, -0.1) is 0 Å². The minimum atomic E-state index is -4.40. The van der Waals surface area contributed by atoms with Crippen LogP contribution in [-0.4, -0.2) is 81.3 Å². The molecule has 1 saturated heterocycles. The van der Waals surface area contributed by atoms with Crippen LogP contribution in [0.25, 0.3) is 0 Å². The molecule has 1 fully saturated rings. The lowest BCUT2D eigenvalue weighted by molar-refractivity contribution is -0.157. The van der Waals surface area contributed by atoms with Gasteiger partial charge in [-0.25, -0.2) is 0 Å². The number of nitrogens with one attached hydrogen (secondary N) is 1. The van der Waals surface area contributed by atoms with Gasteiger partial charge in [0.25, 0.3) is 0 Å². The summed E-state index contributed by atoms with van der Waals surface area (Å²) in [7, 11) is 2.72. The number of rotatable bonds is 6. The molecule has 1 atom stereocenters. The number of ether oxygens (including phenoxy) is 1. The number of alkyl halides is 3. The van der Waals surface area contributed by atoms with E-state index in [2.05, 4.69) is 10.3 Å². The van der Waals surface area contributed by atoms with Crippen molar-refractivity contribution in [3.8, 4) is 0 Å². The van der Waals surface area contributed by atoms with E-state index in [4.69, 9.17) is 4.74 Å². The first-order valence-corrected chi connectivity index (χ1v) is 7.60. The Hall–Kier alpha value is -1.51. The number of guanidine groups is 1. The summed E-state index contributed by atoms with van der Waals surface area (Å²) in [5.41, 5.74) is 0. The van der Waals surface area contributed by atoms with Gasteiger partial charge in [0.15, 0.2) is 5.96 Å². The summed E-state index contributed by atoms with van der Waals surface area (Å²) >= 11 is 0. The third-order valence-corrected chi connectivity index (χ3v) is 3.59. The quantitative estimate of drug-likeness (QED) is 0.579. The summed E-state index contributed by atoms with van der Waals surface area (Å²) in [6, 6.07) is 0. The zero-order valence-corrected chi connectivity index (χ0v) is 13.8. The van der Waals surface area contributed by atoms with Gasteiger partial charge in [0.05, 0.1) is 13.2 Å². The zero-order chi connectivity index (χ0) is 17.5. The molecule has 1 aliphatic rings. The third-order valence-electron chi connectivity index (χ3n) is 3.59. The van der Waals surface area contributed by atoms with Gasteiger partial charge in [-0.05, 0) is 13.3 Å². The SMILES string of the molecule is CCOCC1CCN(C(=NC)NCC(=O)N(C)CC(F)(F)F)C1. The maximum absolute atomic E-state index is 12.3. The lowest BCUT2D eigenvalue weighted by Gasteiger charge is -2.23. The number of likely N-dealkylation sites (N-methyl/N-ethyl adjacent to an activating group) is 1. The molecule has 0 aliphatic carbocycles. The fourth-order valence-electron chi connectivity index (χ4n) is 2.42. The zero-order valence-electron chi connectivity index (χ0n) is 13.8. The van der Waals surface area contributed by atoms with E-state index in [-0.39, 0.29) is 6.54 Å². The first kappa shape index (κ1) is 19.5. The van der Waals surface area contributed by atoms with Gasteiger partial charge in [-0.1, -0.05) is 0 Å². The molecule has 23 heavy (non-hydrogen) atoms. The van der Waals surface area contributed by atoms with Crippen molar-refractivity contribution in [1.82, 2.24) is 15.1 Å². The van der Waals surface area contributed by atoms with Crippen molar-refractivity contribution in [2.24, 2.45) is 10.9 Å². The van der Waals surface area contributed by atoms with E-state index in [0.717, 1.165) is 26.6 Å². The normalized spacial score (nSPS) is 19.1. The number of aliphatic imine (C=N–C) groups is 1. The highest BCUT2D eigenvalue weighted by Gasteiger charge is 2.31. The molecule has 9 heteroatoms. The van der Waals surface area contributed by atoms with E-state index in [9.17, 15) is 18.0 Å². The van der Waals surface area contributed by atoms with Gasteiger partial charge in [0.2, 0.25) is 5.91 Å². The van der Waals surface area contributed by atoms with Crippen molar-refractivity contribution in [3.05, 3.63) is 0 Å². The van der Waals surface area contributed by atoms with E-state index in [1.807, 2.05) is 11.8 Å². The van der Waals surface area contributed by atoms with Gasteiger partial charge in [-0.2, -0.15) is 13.2 Å². The molecule has 0 bridgehead atoms. The summed E-state index contributed by atoms with van der Waals surface area (Å²) in [6.07, 6.45) is -3.43. The third kappa shape index (κ3) is 7.06. The number of amides is 1. The standard InChI is InChI=1S/C14H25F3N4O2/c1-4-23-9-11-5-6-21(8-11)13(18-2)19-7-12(22)20(3)10-14(15,16)17/h11H,4-10H2,1-3H3,(H,18,19). The molecule has 1 heterocycles. The average Bonchev–Trinajstić information content (AvgIpc) is 2.92. The Balaban J connectivity index is 2.41. The number of nitrogens with zero attached hydrogens (tertiary/aromatic N) is 3. The first-order valence-electron chi connectivity index (χ1n) is 7.60. The summed E-state index contributed by atoms with van der Waals surface area (Å²) in [4.78, 5) is 18.5. The highest BCUT2D eigenvalue weighted by Crippen LogP contribution is 2.17. The second-order valence-corrected chi connectivity index (χ2v) is 5.53. The van der Waals surface area contributed by atoms with E-state index < -0.39 is 18.6 Å². The summed E-state index contributed by atoms with van der Waals surface area (Å²) in [6.45, 7) is 3.35. The molecular formula is C14H25F3N4O2. The van der Waals surface area contributed by atoms with Crippen molar-refractivity contribution in [2.75, 3.05) is 53.5 Å². The predicted octanol–water partition coefficient (Wildman–Crippen LogP) is 0.941. The van der Waals surface area contributed by atoms with Gasteiger partial charge < -0.3 is 19.9 Å². The number of halogens is 3. The topological polar surface area (TPSA) is 57.2 Å². The van der Waals surface area contributed by atoms with Crippen molar-refractivity contribution in [1.29, 1.82) is 0 Å². The Morgan fingerprint density at radius 2 is 2.17 bits per heavy atom. The van der Waals surface area contributed by atoms with Crippen LogP contribution in [0.5, 0.6) is 0 Å². The lowest BCUT2D eigenvalue weighted by atomic mass is 10.1. The van der Waals surface area contributed by atoms with Crippen LogP contribution in [-0.2, 0) is 9.53 Å². The molecule has 1 N–H and O–H groups in total. The Bertz CT molecular complexity index is 415. The molecule has 1 unspecified atom stereocenters. The fourth-order valence-corrected chi connectivity index (χ4v) is 2.42. The minimum Gasteiger partial charge on any atom is -0.381 e. The maximum Gasteiger partial charge on any atom is 0.406 e. The van der Waals surface area contributed by atoms with Crippen molar-refractivity contribution < 1.29 is 22.7 Å². The summed E-state index contributed by atoms with van der Waals surface area (Å²) in [5, 5.41) is 2.83. The van der Waals surface area contributed by atoms with Gasteiger partial charge in [0, 0.05) is 39.7 Å². The Morgan fingerprint density at radius 3 is 2.74 bits per heavy atom. The minimum absolute atomic E-state index is 0.216. The van der Waals surface area contributed by atoms with Crippen molar-refractivity contribution in [2.45, 2.75) is 19.5 Å². The van der Waals surface area contributed by atoms with Gasteiger partial charge in [-0.3, -0.25) is 9.79 Å². The lowest BCUT2D eigenvalue weighted by Crippen LogP contribution is -2.46. The predicted molar refractivity (Wildman–Crippen MR) is 81.2 cm³/mol. The van der Waals surface area contributed by atoms with Crippen LogP contribution < -0.4 is 5.32 Å². The molecular weight excluding hydrogens is 313 g/mol. The maximum atomic E-state index is 12.3. The Morgan fingerprint density at radius 1 is 1.48 bits per heavy atom. The highest BCUT2D eigenvalue weighted by molar-refractivity contribution is 5.86. The van der Waals surface area contributed by atoms with Crippen molar-refractivity contribution in [3.63, 3.8) is 0 Å². The second-order valence-electron chi connectivity index (χ2n) is 5.53. The van der Waals surface area contributed by atoms with E-state index in [0.29, 0.717) is 30.0 Å². The van der Waals surface area contributed by atoms with Gasteiger partial charge >= 0.3 is 6.18 Å². The number of carbonyl (C=O) groups is 1. The van der Waals surface area contributed by atoms with E-state index in [1.54, 1.807) is 7.05 Å². The van der Waals surface area contributed by atoms with Crippen LogP contribution in [0.3, 0.4) is 0 Å². The molecule has 1 aliphatic heterocycles. The van der Waals surface area contributed by atoms with Crippen LogP contribution >= 0.6 is 0 Å². The average molecular weight is 338 g/mol.